The Kier molecular flexibility index (Phi) is 4.54. The molecule has 1 aliphatic heterocycles. The lowest BCUT2D eigenvalue weighted by atomic mass is 10.1. The second-order valence-corrected chi connectivity index (χ2v) is 4.85. The molecule has 1 fully saturated rings. The highest BCUT2D eigenvalue weighted by Crippen LogP contribution is 2.12. The smallest absolute Gasteiger partial charge is 0.0597 e. The van der Waals surface area contributed by atoms with Gasteiger partial charge in [-0.2, -0.15) is 0 Å². The van der Waals surface area contributed by atoms with Gasteiger partial charge in [-0.05, 0) is 37.6 Å². The highest BCUT2D eigenvalue weighted by Gasteiger charge is 2.17. The summed E-state index contributed by atoms with van der Waals surface area (Å²) in [5.74, 6) is 0. The van der Waals surface area contributed by atoms with Gasteiger partial charge in [0.2, 0.25) is 0 Å². The van der Waals surface area contributed by atoms with Gasteiger partial charge < -0.3 is 10.4 Å². The van der Waals surface area contributed by atoms with Crippen molar-refractivity contribution in [3.8, 4) is 0 Å². The van der Waals surface area contributed by atoms with E-state index in [0.29, 0.717) is 0 Å². The third-order valence-electron chi connectivity index (χ3n) is 3.44. The maximum Gasteiger partial charge on any atom is 0.0597 e. The van der Waals surface area contributed by atoms with E-state index in [4.69, 9.17) is 0 Å². The van der Waals surface area contributed by atoms with Crippen LogP contribution in [0.2, 0.25) is 0 Å². The van der Waals surface area contributed by atoms with Crippen LogP contribution in [0.15, 0.2) is 24.3 Å². The molecule has 3 heteroatoms. The Morgan fingerprint density at radius 3 is 3.00 bits per heavy atom. The van der Waals surface area contributed by atoms with Crippen LogP contribution in [0.4, 0.5) is 0 Å². The van der Waals surface area contributed by atoms with E-state index >= 15 is 0 Å². The van der Waals surface area contributed by atoms with Crippen molar-refractivity contribution in [2.24, 2.45) is 0 Å². The van der Waals surface area contributed by atoms with Crippen molar-refractivity contribution >= 4 is 0 Å². The second-order valence-electron chi connectivity index (χ2n) is 4.85. The topological polar surface area (TPSA) is 35.5 Å². The molecular weight excluding hydrogens is 212 g/mol. The van der Waals surface area contributed by atoms with Crippen molar-refractivity contribution in [1.82, 2.24) is 10.2 Å². The SMILES string of the molecule is Cc1ccccc1CN1CCCNC(CO)C1. The van der Waals surface area contributed by atoms with Gasteiger partial charge >= 0.3 is 0 Å². The number of hydrogen-bond acceptors (Lipinski definition) is 3. The third kappa shape index (κ3) is 3.53. The minimum atomic E-state index is 0.224. The second kappa shape index (κ2) is 6.15. The van der Waals surface area contributed by atoms with E-state index in [2.05, 4.69) is 41.4 Å². The number of nitrogens with zero attached hydrogens (tertiary/aromatic N) is 1. The van der Waals surface area contributed by atoms with Crippen molar-refractivity contribution in [1.29, 1.82) is 0 Å². The van der Waals surface area contributed by atoms with E-state index in [-0.39, 0.29) is 12.6 Å². The lowest BCUT2D eigenvalue weighted by Crippen LogP contribution is -2.40. The molecule has 0 aromatic heterocycles. The number of aryl methyl sites for hydroxylation is 1. The minimum absolute atomic E-state index is 0.224. The zero-order chi connectivity index (χ0) is 12.1. The first kappa shape index (κ1) is 12.6. The highest BCUT2D eigenvalue weighted by molar-refractivity contribution is 5.25. The first-order valence-corrected chi connectivity index (χ1v) is 6.40. The number of rotatable bonds is 3. The monoisotopic (exact) mass is 234 g/mol. The number of aliphatic hydroxyl groups excluding tert-OH is 1. The summed E-state index contributed by atoms with van der Waals surface area (Å²) >= 11 is 0. The fourth-order valence-corrected chi connectivity index (χ4v) is 2.37. The highest BCUT2D eigenvalue weighted by atomic mass is 16.3. The average molecular weight is 234 g/mol. The molecule has 0 radical (unpaired) electrons. The molecule has 94 valence electrons. The van der Waals surface area contributed by atoms with Gasteiger partial charge in [-0.25, -0.2) is 0 Å². The van der Waals surface area contributed by atoms with Crippen LogP contribution < -0.4 is 5.32 Å². The van der Waals surface area contributed by atoms with Crippen molar-refractivity contribution in [2.75, 3.05) is 26.2 Å². The van der Waals surface area contributed by atoms with Crippen molar-refractivity contribution in [2.45, 2.75) is 25.9 Å². The minimum Gasteiger partial charge on any atom is -0.395 e. The number of aliphatic hydroxyl groups is 1. The van der Waals surface area contributed by atoms with Crippen LogP contribution in [0.5, 0.6) is 0 Å². The van der Waals surface area contributed by atoms with E-state index in [1.807, 2.05) is 0 Å². The maximum absolute atomic E-state index is 9.27. The Labute approximate surface area is 103 Å². The number of benzene rings is 1. The van der Waals surface area contributed by atoms with Gasteiger partial charge in [-0.3, -0.25) is 4.90 Å². The van der Waals surface area contributed by atoms with Gasteiger partial charge in [0.05, 0.1) is 6.61 Å². The largest absolute Gasteiger partial charge is 0.395 e. The van der Waals surface area contributed by atoms with Crippen LogP contribution in [-0.4, -0.2) is 42.3 Å². The molecule has 1 heterocycles. The summed E-state index contributed by atoms with van der Waals surface area (Å²) in [6, 6.07) is 8.76. The summed E-state index contributed by atoms with van der Waals surface area (Å²) in [5.41, 5.74) is 2.75. The molecule has 0 amide bonds. The third-order valence-corrected chi connectivity index (χ3v) is 3.44. The summed E-state index contributed by atoms with van der Waals surface area (Å²) < 4.78 is 0. The molecule has 1 aromatic rings. The summed E-state index contributed by atoms with van der Waals surface area (Å²) in [4.78, 5) is 2.43. The molecule has 1 aromatic carbocycles. The Morgan fingerprint density at radius 1 is 1.41 bits per heavy atom. The van der Waals surface area contributed by atoms with Gasteiger partial charge in [-0.1, -0.05) is 24.3 Å². The van der Waals surface area contributed by atoms with Crippen LogP contribution in [0.1, 0.15) is 17.5 Å². The average Bonchev–Trinajstić information content (AvgIpc) is 2.57. The Balaban J connectivity index is 2.00. The normalized spacial score (nSPS) is 22.4. The van der Waals surface area contributed by atoms with Gasteiger partial charge in [0.25, 0.3) is 0 Å². The van der Waals surface area contributed by atoms with Crippen LogP contribution in [0.3, 0.4) is 0 Å². The van der Waals surface area contributed by atoms with Crippen LogP contribution >= 0.6 is 0 Å². The van der Waals surface area contributed by atoms with Crippen molar-refractivity contribution < 1.29 is 5.11 Å². The van der Waals surface area contributed by atoms with Gasteiger partial charge in [0, 0.05) is 19.1 Å². The maximum atomic E-state index is 9.27. The van der Waals surface area contributed by atoms with Gasteiger partial charge in [-0.15, -0.1) is 0 Å². The van der Waals surface area contributed by atoms with E-state index in [1.54, 1.807) is 0 Å². The van der Waals surface area contributed by atoms with E-state index in [1.165, 1.54) is 11.1 Å². The lowest BCUT2D eigenvalue weighted by Gasteiger charge is -2.24. The number of hydrogen-bond donors (Lipinski definition) is 2. The molecule has 1 aliphatic rings. The van der Waals surface area contributed by atoms with Crippen LogP contribution in [0.25, 0.3) is 0 Å². The van der Waals surface area contributed by atoms with Gasteiger partial charge in [0.1, 0.15) is 0 Å². The fourth-order valence-electron chi connectivity index (χ4n) is 2.37. The standard InChI is InChI=1S/C14H22N2O/c1-12-5-2-3-6-13(12)9-16-8-4-7-15-14(10-16)11-17/h2-3,5-6,14-15,17H,4,7-11H2,1H3. The Hall–Kier alpha value is -0.900. The van der Waals surface area contributed by atoms with Crippen LogP contribution in [0, 0.1) is 6.92 Å². The van der Waals surface area contributed by atoms with Crippen molar-refractivity contribution in [3.63, 3.8) is 0 Å². The first-order valence-electron chi connectivity index (χ1n) is 6.40. The molecular formula is C14H22N2O. The summed E-state index contributed by atoms with van der Waals surface area (Å²) in [5, 5.41) is 12.6. The zero-order valence-electron chi connectivity index (χ0n) is 10.5. The summed E-state index contributed by atoms with van der Waals surface area (Å²) in [7, 11) is 0. The molecule has 1 atom stereocenters. The molecule has 2 rings (SSSR count). The van der Waals surface area contributed by atoms with Crippen LogP contribution in [-0.2, 0) is 6.54 Å². The van der Waals surface area contributed by atoms with E-state index in [0.717, 1.165) is 32.6 Å². The zero-order valence-corrected chi connectivity index (χ0v) is 10.5. The summed E-state index contributed by atoms with van der Waals surface area (Å²) in [6.45, 7) is 6.43. The molecule has 0 aliphatic carbocycles. The molecule has 3 nitrogen and oxygen atoms in total. The molecule has 1 unspecified atom stereocenters. The van der Waals surface area contributed by atoms with E-state index < -0.39 is 0 Å². The predicted octanol–water partition coefficient (Wildman–Crippen LogP) is 1.15. The molecule has 0 saturated carbocycles. The Morgan fingerprint density at radius 2 is 2.24 bits per heavy atom. The number of nitrogens with one attached hydrogen (secondary N) is 1. The fraction of sp³-hybridized carbons (Fsp3) is 0.571. The molecule has 1 saturated heterocycles. The molecule has 2 N–H and O–H groups in total. The Bertz CT molecular complexity index is 354. The lowest BCUT2D eigenvalue weighted by molar-refractivity contribution is 0.196. The molecule has 0 bridgehead atoms. The van der Waals surface area contributed by atoms with Gasteiger partial charge in [0.15, 0.2) is 0 Å². The summed E-state index contributed by atoms with van der Waals surface area (Å²) in [6.07, 6.45) is 1.16. The van der Waals surface area contributed by atoms with Crippen molar-refractivity contribution in [3.05, 3.63) is 35.4 Å². The molecule has 17 heavy (non-hydrogen) atoms. The predicted molar refractivity (Wildman–Crippen MR) is 69.9 cm³/mol. The molecule has 0 spiro atoms. The quantitative estimate of drug-likeness (QED) is 0.823. The van der Waals surface area contributed by atoms with E-state index in [9.17, 15) is 5.11 Å². The first-order chi connectivity index (χ1) is 8.29.